The molecule has 1 heterocycles. The molecule has 0 unspecified atom stereocenters. The first-order valence-electron chi connectivity index (χ1n) is 9.90. The van der Waals surface area contributed by atoms with Crippen LogP contribution in [0.3, 0.4) is 0 Å². The Kier molecular flexibility index (Phi) is 5.21. The Balaban J connectivity index is 1.52. The minimum atomic E-state index is -0.767. The Hall–Kier alpha value is -3.00. The van der Waals surface area contributed by atoms with Crippen molar-refractivity contribution in [3.63, 3.8) is 0 Å². The maximum atomic E-state index is 10.8. The lowest BCUT2D eigenvalue weighted by Crippen LogP contribution is -2.31. The summed E-state index contributed by atoms with van der Waals surface area (Å²) in [6.45, 7) is 1.58. The number of ether oxygens (including phenoxy) is 1. The molecule has 1 aliphatic carbocycles. The summed E-state index contributed by atoms with van der Waals surface area (Å²) < 4.78 is 6.03. The number of nitrogens with zero attached hydrogens (tertiary/aromatic N) is 2. The van der Waals surface area contributed by atoms with Gasteiger partial charge in [-0.3, -0.25) is 4.79 Å². The molecule has 1 aliphatic heterocycles. The van der Waals surface area contributed by atoms with Crippen LogP contribution in [0.4, 0.5) is 5.69 Å². The van der Waals surface area contributed by atoms with Gasteiger partial charge in [0.1, 0.15) is 11.8 Å². The van der Waals surface area contributed by atoms with Crippen LogP contribution in [0.15, 0.2) is 36.4 Å². The highest BCUT2D eigenvalue weighted by atomic mass is 16.5. The highest BCUT2D eigenvalue weighted by Crippen LogP contribution is 2.33. The molecule has 4 rings (SSSR count). The summed E-state index contributed by atoms with van der Waals surface area (Å²) in [7, 11) is 0. The molecule has 0 saturated heterocycles. The monoisotopic (exact) mass is 376 g/mol. The van der Waals surface area contributed by atoms with Crippen molar-refractivity contribution in [3.05, 3.63) is 58.7 Å². The van der Waals surface area contributed by atoms with Crippen LogP contribution >= 0.6 is 0 Å². The van der Waals surface area contributed by atoms with Gasteiger partial charge in [0.2, 0.25) is 0 Å². The van der Waals surface area contributed by atoms with Crippen molar-refractivity contribution in [2.24, 2.45) is 0 Å². The maximum absolute atomic E-state index is 10.8. The Morgan fingerprint density at radius 2 is 2.07 bits per heavy atom. The number of carboxylic acids is 1. The van der Waals surface area contributed by atoms with Gasteiger partial charge in [-0.05, 0) is 60.9 Å². The van der Waals surface area contributed by atoms with Gasteiger partial charge in [0.05, 0.1) is 17.4 Å². The topological polar surface area (TPSA) is 73.6 Å². The van der Waals surface area contributed by atoms with Crippen molar-refractivity contribution in [1.82, 2.24) is 0 Å². The van der Waals surface area contributed by atoms with Crippen LogP contribution in [0.25, 0.3) is 0 Å². The molecule has 0 atom stereocenters. The van der Waals surface area contributed by atoms with Crippen molar-refractivity contribution in [3.8, 4) is 11.8 Å². The number of hydrogen-bond donors (Lipinski definition) is 1. The van der Waals surface area contributed by atoms with Crippen LogP contribution in [0.1, 0.15) is 47.9 Å². The minimum absolute atomic E-state index is 0.157. The fourth-order valence-corrected chi connectivity index (χ4v) is 3.84. The molecule has 2 aromatic rings. The number of aryl methyl sites for hydroxylation is 1. The highest BCUT2D eigenvalue weighted by Gasteiger charge is 2.22. The van der Waals surface area contributed by atoms with Gasteiger partial charge in [-0.15, -0.1) is 0 Å². The number of hydrogen-bond acceptors (Lipinski definition) is 4. The van der Waals surface area contributed by atoms with Crippen molar-refractivity contribution >= 4 is 11.7 Å². The average Bonchev–Trinajstić information content (AvgIpc) is 2.68. The molecular weight excluding hydrogens is 352 g/mol. The number of nitriles is 1. The molecule has 2 aliphatic rings. The number of carboxylic acid groups (broad SMARTS) is 1. The molecule has 28 heavy (non-hydrogen) atoms. The zero-order valence-corrected chi connectivity index (χ0v) is 15.9. The zero-order valence-electron chi connectivity index (χ0n) is 15.9. The first-order valence-corrected chi connectivity index (χ1v) is 9.90. The lowest BCUT2D eigenvalue weighted by molar-refractivity contribution is -0.136. The van der Waals surface area contributed by atoms with Gasteiger partial charge in [0.25, 0.3) is 0 Å². The van der Waals surface area contributed by atoms with Gasteiger partial charge in [-0.1, -0.05) is 18.2 Å². The molecule has 0 amide bonds. The van der Waals surface area contributed by atoms with E-state index in [0.717, 1.165) is 49.4 Å². The third-order valence-electron chi connectivity index (χ3n) is 5.70. The predicted molar refractivity (Wildman–Crippen MR) is 107 cm³/mol. The molecular formula is C23H24N2O3. The van der Waals surface area contributed by atoms with E-state index in [1.807, 2.05) is 24.3 Å². The summed E-state index contributed by atoms with van der Waals surface area (Å²) in [6.07, 6.45) is 5.36. The lowest BCUT2D eigenvalue weighted by atomic mass is 9.95. The number of benzene rings is 2. The summed E-state index contributed by atoms with van der Waals surface area (Å²) in [5, 5.41) is 18.4. The van der Waals surface area contributed by atoms with Crippen molar-refractivity contribution in [1.29, 1.82) is 5.26 Å². The van der Waals surface area contributed by atoms with E-state index in [1.54, 1.807) is 0 Å². The number of anilines is 1. The van der Waals surface area contributed by atoms with Gasteiger partial charge in [-0.25, -0.2) is 0 Å². The Morgan fingerprint density at radius 3 is 2.79 bits per heavy atom. The summed E-state index contributed by atoms with van der Waals surface area (Å²) in [4.78, 5) is 13.0. The predicted octanol–water partition coefficient (Wildman–Crippen LogP) is 4.07. The van der Waals surface area contributed by atoms with Crippen LogP contribution in [0, 0.1) is 11.3 Å². The number of aliphatic carboxylic acids is 1. The molecule has 0 aromatic heterocycles. The van der Waals surface area contributed by atoms with Gasteiger partial charge in [0.15, 0.2) is 0 Å². The highest BCUT2D eigenvalue weighted by molar-refractivity contribution is 5.67. The van der Waals surface area contributed by atoms with E-state index in [0.29, 0.717) is 18.1 Å². The molecule has 1 N–H and O–H groups in total. The largest absolute Gasteiger partial charge is 0.490 e. The van der Waals surface area contributed by atoms with Crippen molar-refractivity contribution in [2.75, 3.05) is 11.4 Å². The first kappa shape index (κ1) is 18.4. The van der Waals surface area contributed by atoms with Crippen LogP contribution in [-0.2, 0) is 24.2 Å². The fraction of sp³-hybridized carbons (Fsp3) is 0.391. The Bertz CT molecular complexity index is 928. The summed E-state index contributed by atoms with van der Waals surface area (Å²) in [5.74, 6) is 0.0745. The van der Waals surface area contributed by atoms with Crippen LogP contribution in [0.2, 0.25) is 0 Å². The summed E-state index contributed by atoms with van der Waals surface area (Å²) in [6, 6.07) is 14.3. The summed E-state index contributed by atoms with van der Waals surface area (Å²) >= 11 is 0. The van der Waals surface area contributed by atoms with Gasteiger partial charge < -0.3 is 14.7 Å². The van der Waals surface area contributed by atoms with E-state index in [4.69, 9.17) is 9.84 Å². The minimum Gasteiger partial charge on any atom is -0.490 e. The number of carbonyl (C=O) groups is 1. The Labute approximate surface area is 165 Å². The van der Waals surface area contributed by atoms with Gasteiger partial charge in [-0.2, -0.15) is 5.26 Å². The average molecular weight is 376 g/mol. The lowest BCUT2D eigenvalue weighted by Gasteiger charge is -2.32. The molecule has 5 heteroatoms. The third-order valence-corrected chi connectivity index (χ3v) is 5.70. The molecule has 2 aromatic carbocycles. The van der Waals surface area contributed by atoms with Crippen molar-refractivity contribution < 1.29 is 14.6 Å². The smallest absolute Gasteiger partial charge is 0.303 e. The normalized spacial score (nSPS) is 16.0. The second kappa shape index (κ2) is 7.93. The summed E-state index contributed by atoms with van der Waals surface area (Å²) in [5.41, 5.74) is 5.18. The second-order valence-corrected chi connectivity index (χ2v) is 7.63. The van der Waals surface area contributed by atoms with E-state index >= 15 is 0 Å². The second-order valence-electron chi connectivity index (χ2n) is 7.63. The van der Waals surface area contributed by atoms with E-state index in [1.165, 1.54) is 17.5 Å². The van der Waals surface area contributed by atoms with Crippen LogP contribution in [-0.4, -0.2) is 23.7 Å². The molecule has 0 spiro atoms. The SMILES string of the molecule is N#Cc1ccc(OC2CCC2)cc1N1CCc2cc(CCC(=O)O)ccc2C1. The zero-order chi connectivity index (χ0) is 19.5. The van der Waals surface area contributed by atoms with E-state index in [-0.39, 0.29) is 6.42 Å². The van der Waals surface area contributed by atoms with E-state index in [9.17, 15) is 10.1 Å². The maximum Gasteiger partial charge on any atom is 0.303 e. The van der Waals surface area contributed by atoms with Crippen LogP contribution < -0.4 is 9.64 Å². The molecule has 144 valence electrons. The fourth-order valence-electron chi connectivity index (χ4n) is 3.84. The van der Waals surface area contributed by atoms with Crippen LogP contribution in [0.5, 0.6) is 5.75 Å². The molecule has 1 fully saturated rings. The standard InChI is InChI=1S/C23H24N2O3/c24-14-18-7-8-21(28-20-2-1-3-20)13-22(18)25-11-10-17-12-16(5-9-23(26)27)4-6-19(17)15-25/h4,6-8,12-13,20H,1-3,5,9-11,15H2,(H,26,27). The molecule has 5 nitrogen and oxygen atoms in total. The molecule has 1 saturated carbocycles. The third kappa shape index (κ3) is 3.96. The molecule has 0 bridgehead atoms. The quantitative estimate of drug-likeness (QED) is 0.823. The molecule has 0 radical (unpaired) electrons. The van der Waals surface area contributed by atoms with Gasteiger partial charge >= 0.3 is 5.97 Å². The first-order chi connectivity index (χ1) is 13.6. The van der Waals surface area contributed by atoms with E-state index < -0.39 is 5.97 Å². The number of rotatable bonds is 6. The van der Waals surface area contributed by atoms with Gasteiger partial charge in [0, 0.05) is 25.6 Å². The Morgan fingerprint density at radius 1 is 1.21 bits per heavy atom. The van der Waals surface area contributed by atoms with Crippen molar-refractivity contribution in [2.45, 2.75) is 51.2 Å². The number of fused-ring (bicyclic) bond motifs is 1. The van der Waals surface area contributed by atoms with E-state index in [2.05, 4.69) is 23.1 Å².